The Morgan fingerprint density at radius 3 is 2.39 bits per heavy atom. The molecule has 3 aromatic rings. The van der Waals surface area contributed by atoms with Crippen LogP contribution < -0.4 is 15.8 Å². The molecule has 1 aliphatic heterocycles. The van der Waals surface area contributed by atoms with E-state index in [-0.39, 0.29) is 17.3 Å². The summed E-state index contributed by atoms with van der Waals surface area (Å²) in [6, 6.07) is 16.4. The number of anilines is 2. The van der Waals surface area contributed by atoms with Gasteiger partial charge in [-0.2, -0.15) is 0 Å². The molecule has 0 bridgehead atoms. The van der Waals surface area contributed by atoms with Crippen molar-refractivity contribution in [2.24, 2.45) is 0 Å². The molecule has 4 rings (SSSR count). The van der Waals surface area contributed by atoms with Gasteiger partial charge in [-0.05, 0) is 29.8 Å². The second-order valence-electron chi connectivity index (χ2n) is 7.49. The van der Waals surface area contributed by atoms with Crippen molar-refractivity contribution in [3.05, 3.63) is 87.2 Å². The van der Waals surface area contributed by atoms with E-state index in [4.69, 9.17) is 11.6 Å². The summed E-state index contributed by atoms with van der Waals surface area (Å²) in [6.07, 6.45) is 1.25. The number of hydrogen-bond donors (Lipinski definition) is 2. The van der Waals surface area contributed by atoms with Gasteiger partial charge in [0.25, 0.3) is 5.91 Å². The lowest BCUT2D eigenvalue weighted by Crippen LogP contribution is -2.46. The highest BCUT2D eigenvalue weighted by Crippen LogP contribution is 2.32. The Kier molecular flexibility index (Phi) is 6.96. The van der Waals surface area contributed by atoms with Crippen LogP contribution in [-0.2, 0) is 6.54 Å². The van der Waals surface area contributed by atoms with Crippen LogP contribution >= 0.6 is 11.6 Å². The molecule has 170 valence electrons. The Bertz CT molecular complexity index is 1120. The fourth-order valence-electron chi connectivity index (χ4n) is 3.61. The van der Waals surface area contributed by atoms with Crippen LogP contribution in [0.5, 0.6) is 0 Å². The Labute approximate surface area is 195 Å². The average Bonchev–Trinajstić information content (AvgIpc) is 2.84. The molecule has 0 saturated carbocycles. The van der Waals surface area contributed by atoms with Crippen molar-refractivity contribution in [2.45, 2.75) is 6.54 Å². The van der Waals surface area contributed by atoms with Crippen molar-refractivity contribution in [1.82, 2.24) is 20.3 Å². The number of nitrogens with zero attached hydrogens (tertiary/aromatic N) is 5. The van der Waals surface area contributed by atoms with Gasteiger partial charge in [0.15, 0.2) is 0 Å². The van der Waals surface area contributed by atoms with Crippen LogP contribution in [0.1, 0.15) is 15.9 Å². The van der Waals surface area contributed by atoms with Crippen LogP contribution in [0, 0.1) is 10.1 Å². The molecule has 11 heteroatoms. The minimum absolute atomic E-state index is 0.0842. The first kappa shape index (κ1) is 22.4. The van der Waals surface area contributed by atoms with Gasteiger partial charge in [-0.1, -0.05) is 41.9 Å². The van der Waals surface area contributed by atoms with Crippen LogP contribution in [0.3, 0.4) is 0 Å². The second kappa shape index (κ2) is 10.2. The summed E-state index contributed by atoms with van der Waals surface area (Å²) in [7, 11) is 0. The average molecular weight is 468 g/mol. The molecule has 0 aliphatic carbocycles. The molecule has 10 nitrogen and oxygen atoms in total. The van der Waals surface area contributed by atoms with Crippen LogP contribution in [-0.4, -0.2) is 51.9 Å². The van der Waals surface area contributed by atoms with E-state index >= 15 is 0 Å². The summed E-state index contributed by atoms with van der Waals surface area (Å²) in [4.78, 5) is 36.0. The van der Waals surface area contributed by atoms with E-state index in [2.05, 4.69) is 37.9 Å². The number of aromatic nitrogens is 2. The fourth-order valence-corrected chi connectivity index (χ4v) is 3.74. The summed E-state index contributed by atoms with van der Waals surface area (Å²) < 4.78 is 0. The van der Waals surface area contributed by atoms with Gasteiger partial charge < -0.3 is 4.90 Å². The van der Waals surface area contributed by atoms with E-state index in [0.717, 1.165) is 19.6 Å². The van der Waals surface area contributed by atoms with E-state index in [1.807, 2.05) is 23.1 Å². The predicted molar refractivity (Wildman–Crippen MR) is 125 cm³/mol. The van der Waals surface area contributed by atoms with Crippen LogP contribution in [0.25, 0.3) is 0 Å². The molecule has 1 fully saturated rings. The second-order valence-corrected chi connectivity index (χ2v) is 7.92. The smallest absolute Gasteiger partial charge is 0.348 e. The number of halogens is 1. The van der Waals surface area contributed by atoms with E-state index in [9.17, 15) is 14.9 Å². The van der Waals surface area contributed by atoms with Crippen molar-refractivity contribution in [3.63, 3.8) is 0 Å². The largest absolute Gasteiger partial charge is 0.355 e. The summed E-state index contributed by atoms with van der Waals surface area (Å²) >= 11 is 5.84. The number of piperazine rings is 1. The van der Waals surface area contributed by atoms with Gasteiger partial charge >= 0.3 is 5.69 Å². The molecular weight excluding hydrogens is 446 g/mol. The zero-order valence-electron chi connectivity index (χ0n) is 17.6. The van der Waals surface area contributed by atoms with Gasteiger partial charge in [0.05, 0.1) is 4.92 Å². The van der Waals surface area contributed by atoms with Gasteiger partial charge in [-0.3, -0.25) is 30.7 Å². The molecule has 1 aromatic heterocycles. The third kappa shape index (κ3) is 5.54. The molecule has 0 radical (unpaired) electrons. The Morgan fingerprint density at radius 1 is 1.03 bits per heavy atom. The zero-order chi connectivity index (χ0) is 23.2. The first-order valence-electron chi connectivity index (χ1n) is 10.3. The first-order chi connectivity index (χ1) is 16.0. The number of carbonyl (C=O) groups is 1. The van der Waals surface area contributed by atoms with Gasteiger partial charge in [0.1, 0.15) is 6.33 Å². The standard InChI is InChI=1S/C22H22ClN7O3/c23-18-8-6-17(7-9-18)22(31)27-26-20-19(30(32)33)21(25-15-24-20)29-12-10-28(11-13-29)14-16-4-2-1-3-5-16/h1-9,15H,10-14H2,(H,27,31)(H,24,25,26). The van der Waals surface area contributed by atoms with Crippen molar-refractivity contribution in [3.8, 4) is 0 Å². The van der Waals surface area contributed by atoms with E-state index < -0.39 is 10.8 Å². The third-order valence-corrected chi connectivity index (χ3v) is 5.56. The molecule has 1 amide bonds. The summed E-state index contributed by atoms with van der Waals surface area (Å²) in [5.41, 5.74) is 6.29. The first-order valence-corrected chi connectivity index (χ1v) is 10.7. The molecule has 2 heterocycles. The van der Waals surface area contributed by atoms with Gasteiger partial charge in [-0.25, -0.2) is 9.97 Å². The number of amides is 1. The maximum atomic E-state index is 12.3. The van der Waals surface area contributed by atoms with E-state index in [1.165, 1.54) is 11.9 Å². The highest BCUT2D eigenvalue weighted by molar-refractivity contribution is 6.30. The van der Waals surface area contributed by atoms with E-state index in [1.54, 1.807) is 24.3 Å². The number of carbonyl (C=O) groups excluding carboxylic acids is 1. The monoisotopic (exact) mass is 467 g/mol. The molecule has 1 aliphatic rings. The SMILES string of the molecule is O=C(NNc1ncnc(N2CCN(Cc3ccccc3)CC2)c1[N+](=O)[O-])c1ccc(Cl)cc1. The number of rotatable bonds is 7. The number of hydrogen-bond acceptors (Lipinski definition) is 8. The highest BCUT2D eigenvalue weighted by Gasteiger charge is 2.29. The van der Waals surface area contributed by atoms with Gasteiger partial charge in [0, 0.05) is 43.3 Å². The van der Waals surface area contributed by atoms with Crippen molar-refractivity contribution >= 4 is 34.8 Å². The molecule has 33 heavy (non-hydrogen) atoms. The molecule has 0 atom stereocenters. The maximum Gasteiger partial charge on any atom is 0.355 e. The molecular formula is C22H22ClN7O3. The lowest BCUT2D eigenvalue weighted by atomic mass is 10.2. The quantitative estimate of drug-likeness (QED) is 0.402. The van der Waals surface area contributed by atoms with Crippen molar-refractivity contribution in [1.29, 1.82) is 0 Å². The molecule has 0 spiro atoms. The normalized spacial score (nSPS) is 14.0. The Morgan fingerprint density at radius 2 is 1.73 bits per heavy atom. The topological polar surface area (TPSA) is 117 Å². The summed E-state index contributed by atoms with van der Waals surface area (Å²) in [5, 5.41) is 12.4. The lowest BCUT2D eigenvalue weighted by molar-refractivity contribution is -0.383. The highest BCUT2D eigenvalue weighted by atomic mass is 35.5. The van der Waals surface area contributed by atoms with Crippen LogP contribution in [0.4, 0.5) is 17.3 Å². The minimum Gasteiger partial charge on any atom is -0.348 e. The Hall–Kier alpha value is -3.76. The number of benzene rings is 2. The lowest BCUT2D eigenvalue weighted by Gasteiger charge is -2.35. The van der Waals surface area contributed by atoms with Gasteiger partial charge in [-0.15, -0.1) is 0 Å². The molecule has 1 saturated heterocycles. The number of nitrogens with one attached hydrogen (secondary N) is 2. The summed E-state index contributed by atoms with van der Waals surface area (Å²) in [6.45, 7) is 3.48. The van der Waals surface area contributed by atoms with Gasteiger partial charge in [0.2, 0.25) is 11.6 Å². The zero-order valence-corrected chi connectivity index (χ0v) is 18.4. The van der Waals surface area contributed by atoms with Crippen molar-refractivity contribution < 1.29 is 9.72 Å². The molecule has 0 unspecified atom stereocenters. The molecule has 2 aromatic carbocycles. The predicted octanol–water partition coefficient (Wildman–Crippen LogP) is 3.12. The van der Waals surface area contributed by atoms with Crippen molar-refractivity contribution in [2.75, 3.05) is 36.5 Å². The third-order valence-electron chi connectivity index (χ3n) is 5.31. The fraction of sp³-hybridized carbons (Fsp3) is 0.227. The minimum atomic E-state index is -0.539. The number of hydrazine groups is 1. The summed E-state index contributed by atoms with van der Waals surface area (Å²) in [5.74, 6) is -0.340. The maximum absolute atomic E-state index is 12.3. The number of nitro groups is 1. The molecule has 2 N–H and O–H groups in total. The Balaban J connectivity index is 1.43. The van der Waals surface area contributed by atoms with E-state index in [0.29, 0.717) is 23.7 Å². The van der Waals surface area contributed by atoms with Crippen LogP contribution in [0.2, 0.25) is 5.02 Å². The van der Waals surface area contributed by atoms with Crippen LogP contribution in [0.15, 0.2) is 60.9 Å².